The van der Waals surface area contributed by atoms with Gasteiger partial charge in [-0.3, -0.25) is 0 Å². The monoisotopic (exact) mass is 324 g/mol. The van der Waals surface area contributed by atoms with E-state index >= 15 is 0 Å². The van der Waals surface area contributed by atoms with E-state index in [-0.39, 0.29) is 12.1 Å². The van der Waals surface area contributed by atoms with Crippen LogP contribution in [0.1, 0.15) is 55.1 Å². The van der Waals surface area contributed by atoms with E-state index < -0.39 is 0 Å². The Kier molecular flexibility index (Phi) is 7.05. The third kappa shape index (κ3) is 5.23. The van der Waals surface area contributed by atoms with E-state index in [0.29, 0.717) is 11.5 Å². The minimum absolute atomic E-state index is 0.0626. The molecule has 0 fully saturated rings. The lowest BCUT2D eigenvalue weighted by Crippen LogP contribution is -2.25. The molecule has 0 heterocycles. The Bertz CT molecular complexity index is 631. The average molecular weight is 324 g/mol. The van der Waals surface area contributed by atoms with Crippen LogP contribution >= 0.6 is 0 Å². The van der Waals surface area contributed by atoms with Crippen molar-refractivity contribution >= 4 is 5.97 Å². The van der Waals surface area contributed by atoms with Gasteiger partial charge < -0.3 is 4.74 Å². The van der Waals surface area contributed by atoms with Crippen molar-refractivity contribution in [3.05, 3.63) is 71.3 Å². The summed E-state index contributed by atoms with van der Waals surface area (Å²) >= 11 is 0. The van der Waals surface area contributed by atoms with Crippen molar-refractivity contribution in [3.63, 3.8) is 0 Å². The van der Waals surface area contributed by atoms with Gasteiger partial charge in [-0.15, -0.1) is 0 Å². The van der Waals surface area contributed by atoms with E-state index in [4.69, 9.17) is 4.74 Å². The van der Waals surface area contributed by atoms with Crippen LogP contribution in [-0.4, -0.2) is 12.1 Å². The molecule has 0 spiro atoms. The Morgan fingerprint density at radius 1 is 0.958 bits per heavy atom. The zero-order valence-electron chi connectivity index (χ0n) is 15.0. The predicted molar refractivity (Wildman–Crippen MR) is 99.2 cm³/mol. The summed E-state index contributed by atoms with van der Waals surface area (Å²) in [6.45, 7) is 6.35. The van der Waals surface area contributed by atoms with Gasteiger partial charge in [-0.25, -0.2) is 4.79 Å². The molecule has 0 bridgehead atoms. The van der Waals surface area contributed by atoms with Crippen LogP contribution in [0, 0.1) is 5.92 Å². The summed E-state index contributed by atoms with van der Waals surface area (Å²) in [5.41, 5.74) is 3.07. The fourth-order valence-electron chi connectivity index (χ4n) is 2.89. The molecule has 2 heteroatoms. The summed E-state index contributed by atoms with van der Waals surface area (Å²) in [6, 6.07) is 18.1. The van der Waals surface area contributed by atoms with E-state index in [2.05, 4.69) is 32.9 Å². The molecule has 2 nitrogen and oxygen atoms in total. The van der Waals surface area contributed by atoms with Crippen molar-refractivity contribution in [3.8, 4) is 0 Å². The van der Waals surface area contributed by atoms with Crippen LogP contribution in [0.4, 0.5) is 0 Å². The minimum atomic E-state index is -0.189. The number of benzene rings is 2. The van der Waals surface area contributed by atoms with Gasteiger partial charge >= 0.3 is 5.97 Å². The number of hydrogen-bond donors (Lipinski definition) is 0. The largest absolute Gasteiger partial charge is 0.458 e. The van der Waals surface area contributed by atoms with E-state index in [1.54, 1.807) is 0 Å². The standard InChI is InChI=1S/C22H28O2/c1-4-10-19-13-8-9-14-20(19)22(23)24-21(17(2)3)16-15-18-11-6-5-7-12-18/h5-9,11-14,17,21H,4,10,15-16H2,1-3H3. The maximum atomic E-state index is 12.6. The van der Waals surface area contributed by atoms with Gasteiger partial charge in [0, 0.05) is 0 Å². The van der Waals surface area contributed by atoms with Crippen molar-refractivity contribution in [1.29, 1.82) is 0 Å². The minimum Gasteiger partial charge on any atom is -0.458 e. The molecule has 24 heavy (non-hydrogen) atoms. The Labute approximate surface area is 145 Å². The SMILES string of the molecule is CCCc1ccccc1C(=O)OC(CCc1ccccc1)C(C)C. The molecule has 0 N–H and O–H groups in total. The quantitative estimate of drug-likeness (QED) is 0.603. The zero-order chi connectivity index (χ0) is 17.4. The fraction of sp³-hybridized carbons (Fsp3) is 0.409. The van der Waals surface area contributed by atoms with Crippen LogP contribution < -0.4 is 0 Å². The zero-order valence-corrected chi connectivity index (χ0v) is 15.0. The van der Waals surface area contributed by atoms with E-state index in [1.807, 2.05) is 42.5 Å². The summed E-state index contributed by atoms with van der Waals surface area (Å²) < 4.78 is 5.87. The van der Waals surface area contributed by atoms with Crippen LogP contribution in [-0.2, 0) is 17.6 Å². The first-order valence-corrected chi connectivity index (χ1v) is 8.94. The van der Waals surface area contributed by atoms with Crippen LogP contribution in [0.2, 0.25) is 0 Å². The lowest BCUT2D eigenvalue weighted by atomic mass is 9.98. The second-order valence-electron chi connectivity index (χ2n) is 6.62. The van der Waals surface area contributed by atoms with Crippen LogP contribution in [0.15, 0.2) is 54.6 Å². The number of ether oxygens (including phenoxy) is 1. The van der Waals surface area contributed by atoms with E-state index in [0.717, 1.165) is 31.2 Å². The molecule has 1 unspecified atom stereocenters. The predicted octanol–water partition coefficient (Wildman–Crippen LogP) is 5.45. The third-order valence-electron chi connectivity index (χ3n) is 4.32. The first-order valence-electron chi connectivity index (χ1n) is 8.94. The van der Waals surface area contributed by atoms with Gasteiger partial charge in [0.2, 0.25) is 0 Å². The van der Waals surface area contributed by atoms with Crippen LogP contribution in [0.5, 0.6) is 0 Å². The van der Waals surface area contributed by atoms with Gasteiger partial charge in [0.15, 0.2) is 0 Å². The molecule has 0 aromatic heterocycles. The molecular weight excluding hydrogens is 296 g/mol. The topological polar surface area (TPSA) is 26.3 Å². The van der Waals surface area contributed by atoms with Crippen molar-refractivity contribution in [1.82, 2.24) is 0 Å². The highest BCUT2D eigenvalue weighted by Crippen LogP contribution is 2.19. The number of carbonyl (C=O) groups is 1. The molecule has 0 amide bonds. The number of carbonyl (C=O) groups excluding carboxylic acids is 1. The highest BCUT2D eigenvalue weighted by Gasteiger charge is 2.20. The Balaban J connectivity index is 2.03. The van der Waals surface area contributed by atoms with Crippen molar-refractivity contribution < 1.29 is 9.53 Å². The third-order valence-corrected chi connectivity index (χ3v) is 4.32. The van der Waals surface area contributed by atoms with Crippen molar-refractivity contribution in [2.75, 3.05) is 0 Å². The highest BCUT2D eigenvalue weighted by molar-refractivity contribution is 5.91. The summed E-state index contributed by atoms with van der Waals surface area (Å²) in [4.78, 5) is 12.6. The van der Waals surface area contributed by atoms with Gasteiger partial charge in [-0.05, 0) is 42.4 Å². The Morgan fingerprint density at radius 3 is 2.29 bits per heavy atom. The van der Waals surface area contributed by atoms with Crippen molar-refractivity contribution in [2.24, 2.45) is 5.92 Å². The number of aryl methyl sites for hydroxylation is 2. The van der Waals surface area contributed by atoms with Gasteiger partial charge in [-0.2, -0.15) is 0 Å². The fourth-order valence-corrected chi connectivity index (χ4v) is 2.89. The van der Waals surface area contributed by atoms with Gasteiger partial charge in [0.1, 0.15) is 6.10 Å². The van der Waals surface area contributed by atoms with Gasteiger partial charge in [0.05, 0.1) is 5.56 Å². The second-order valence-corrected chi connectivity index (χ2v) is 6.62. The smallest absolute Gasteiger partial charge is 0.338 e. The lowest BCUT2D eigenvalue weighted by Gasteiger charge is -2.22. The summed E-state index contributed by atoms with van der Waals surface area (Å²) in [5.74, 6) is 0.113. The summed E-state index contributed by atoms with van der Waals surface area (Å²) in [5, 5.41) is 0. The number of rotatable bonds is 8. The molecule has 0 saturated heterocycles. The molecule has 0 aliphatic rings. The molecule has 2 aromatic rings. The van der Waals surface area contributed by atoms with Crippen LogP contribution in [0.25, 0.3) is 0 Å². The molecule has 1 atom stereocenters. The number of esters is 1. The molecule has 0 radical (unpaired) electrons. The Morgan fingerprint density at radius 2 is 1.62 bits per heavy atom. The maximum Gasteiger partial charge on any atom is 0.338 e. The molecular formula is C22H28O2. The Hall–Kier alpha value is -2.09. The van der Waals surface area contributed by atoms with Crippen molar-refractivity contribution in [2.45, 2.75) is 52.6 Å². The molecule has 0 aliphatic carbocycles. The first kappa shape index (κ1) is 18.3. The van der Waals surface area contributed by atoms with Gasteiger partial charge in [0.25, 0.3) is 0 Å². The maximum absolute atomic E-state index is 12.6. The normalized spacial score (nSPS) is 12.2. The molecule has 0 aliphatic heterocycles. The van der Waals surface area contributed by atoms with E-state index in [9.17, 15) is 4.79 Å². The second kappa shape index (κ2) is 9.27. The molecule has 0 saturated carbocycles. The molecule has 2 rings (SSSR count). The molecule has 2 aromatic carbocycles. The first-order chi connectivity index (χ1) is 11.6. The average Bonchev–Trinajstić information content (AvgIpc) is 2.60. The summed E-state index contributed by atoms with van der Waals surface area (Å²) in [6.07, 6.45) is 3.64. The lowest BCUT2D eigenvalue weighted by molar-refractivity contribution is 0.0158. The number of hydrogen-bond acceptors (Lipinski definition) is 2. The van der Waals surface area contributed by atoms with Gasteiger partial charge in [-0.1, -0.05) is 75.7 Å². The molecule has 128 valence electrons. The van der Waals surface area contributed by atoms with Crippen LogP contribution in [0.3, 0.4) is 0 Å². The summed E-state index contributed by atoms with van der Waals surface area (Å²) in [7, 11) is 0. The highest BCUT2D eigenvalue weighted by atomic mass is 16.5. The van der Waals surface area contributed by atoms with E-state index in [1.165, 1.54) is 5.56 Å².